The number of aromatic nitrogens is 1. The summed E-state index contributed by atoms with van der Waals surface area (Å²) in [7, 11) is 1.43. The van der Waals surface area contributed by atoms with Gasteiger partial charge in [0, 0.05) is 11.2 Å². The van der Waals surface area contributed by atoms with Crippen molar-refractivity contribution in [1.29, 1.82) is 0 Å². The summed E-state index contributed by atoms with van der Waals surface area (Å²) in [5.41, 5.74) is 3.21. The van der Waals surface area contributed by atoms with Crippen LogP contribution in [-0.2, 0) is 6.54 Å². The quantitative estimate of drug-likeness (QED) is 0.481. The molecular formula is C21H18ClN3O4. The van der Waals surface area contributed by atoms with Crippen molar-refractivity contribution in [3.8, 4) is 11.5 Å². The van der Waals surface area contributed by atoms with Gasteiger partial charge in [0.1, 0.15) is 5.56 Å². The summed E-state index contributed by atoms with van der Waals surface area (Å²) in [6.07, 6.45) is 2.97. The van der Waals surface area contributed by atoms with Gasteiger partial charge in [-0.1, -0.05) is 29.8 Å². The number of carbonyl (C=O) groups is 1. The van der Waals surface area contributed by atoms with Gasteiger partial charge in [-0.3, -0.25) is 9.59 Å². The smallest absolute Gasteiger partial charge is 0.276 e. The third kappa shape index (κ3) is 4.83. The fourth-order valence-electron chi connectivity index (χ4n) is 2.64. The lowest BCUT2D eigenvalue weighted by Gasteiger charge is -2.09. The van der Waals surface area contributed by atoms with E-state index in [0.717, 1.165) is 5.56 Å². The maximum atomic E-state index is 12.6. The Kier molecular flexibility index (Phi) is 6.31. The molecule has 0 spiro atoms. The number of methoxy groups -OCH3 is 1. The van der Waals surface area contributed by atoms with Crippen molar-refractivity contribution in [2.75, 3.05) is 7.11 Å². The number of amides is 1. The second-order valence-corrected chi connectivity index (χ2v) is 6.48. The Morgan fingerprint density at radius 1 is 1.24 bits per heavy atom. The Hall–Kier alpha value is -3.58. The van der Waals surface area contributed by atoms with Crippen molar-refractivity contribution in [2.24, 2.45) is 5.10 Å². The van der Waals surface area contributed by atoms with Gasteiger partial charge in [-0.15, -0.1) is 0 Å². The number of hydrazone groups is 1. The van der Waals surface area contributed by atoms with Crippen molar-refractivity contribution >= 4 is 23.7 Å². The summed E-state index contributed by atoms with van der Waals surface area (Å²) in [6.45, 7) is 0.246. The average molecular weight is 412 g/mol. The van der Waals surface area contributed by atoms with Crippen LogP contribution in [0.4, 0.5) is 0 Å². The lowest BCUT2D eigenvalue weighted by Crippen LogP contribution is -2.30. The molecule has 148 valence electrons. The largest absolute Gasteiger partial charge is 0.504 e. The summed E-state index contributed by atoms with van der Waals surface area (Å²) in [5, 5.41) is 14.0. The van der Waals surface area contributed by atoms with Gasteiger partial charge in [0.15, 0.2) is 11.5 Å². The topological polar surface area (TPSA) is 92.9 Å². The Morgan fingerprint density at radius 2 is 2.03 bits per heavy atom. The zero-order valence-corrected chi connectivity index (χ0v) is 16.3. The van der Waals surface area contributed by atoms with E-state index in [-0.39, 0.29) is 23.6 Å². The molecule has 7 nitrogen and oxygen atoms in total. The minimum absolute atomic E-state index is 0.00274. The normalized spacial score (nSPS) is 10.8. The van der Waals surface area contributed by atoms with Crippen LogP contribution in [0.3, 0.4) is 0 Å². The first kappa shape index (κ1) is 20.2. The van der Waals surface area contributed by atoms with Crippen LogP contribution in [0.5, 0.6) is 11.5 Å². The number of hydrogen-bond acceptors (Lipinski definition) is 5. The molecule has 2 N–H and O–H groups in total. The first-order valence-corrected chi connectivity index (χ1v) is 9.00. The number of phenols is 1. The van der Waals surface area contributed by atoms with Gasteiger partial charge in [-0.05, 0) is 47.5 Å². The van der Waals surface area contributed by atoms with Crippen LogP contribution in [0, 0.1) is 0 Å². The Labute approximate surface area is 171 Å². The van der Waals surface area contributed by atoms with Crippen LogP contribution >= 0.6 is 11.6 Å². The summed E-state index contributed by atoms with van der Waals surface area (Å²) < 4.78 is 6.42. The first-order chi connectivity index (χ1) is 14.0. The molecule has 3 rings (SSSR count). The van der Waals surface area contributed by atoms with Crippen LogP contribution in [0.25, 0.3) is 0 Å². The average Bonchev–Trinajstić information content (AvgIpc) is 2.72. The minimum Gasteiger partial charge on any atom is -0.504 e. The van der Waals surface area contributed by atoms with E-state index in [1.165, 1.54) is 30.0 Å². The van der Waals surface area contributed by atoms with Crippen molar-refractivity contribution in [3.63, 3.8) is 0 Å². The second-order valence-electron chi connectivity index (χ2n) is 6.08. The zero-order valence-electron chi connectivity index (χ0n) is 15.5. The van der Waals surface area contributed by atoms with E-state index in [1.807, 2.05) is 12.1 Å². The number of hydrogen-bond donors (Lipinski definition) is 2. The molecule has 0 radical (unpaired) electrons. The molecule has 0 saturated carbocycles. The van der Waals surface area contributed by atoms with Gasteiger partial charge in [-0.2, -0.15) is 5.10 Å². The highest BCUT2D eigenvalue weighted by Crippen LogP contribution is 2.25. The zero-order chi connectivity index (χ0) is 20.8. The molecule has 0 aliphatic rings. The number of benzene rings is 2. The number of rotatable bonds is 6. The monoisotopic (exact) mass is 411 g/mol. The molecule has 1 heterocycles. The van der Waals surface area contributed by atoms with E-state index in [1.54, 1.807) is 36.5 Å². The molecule has 2 aromatic carbocycles. The Balaban J connectivity index is 1.74. The number of pyridine rings is 1. The molecule has 8 heteroatoms. The number of phenolic OH excluding ortho intramolecular Hbond substituents is 1. The van der Waals surface area contributed by atoms with Crippen LogP contribution < -0.4 is 15.7 Å². The highest BCUT2D eigenvalue weighted by Gasteiger charge is 2.12. The highest BCUT2D eigenvalue weighted by atomic mass is 35.5. The predicted octanol–water partition coefficient (Wildman–Crippen LogP) is 3.03. The lowest BCUT2D eigenvalue weighted by atomic mass is 10.2. The number of aromatic hydroxyl groups is 1. The molecule has 0 bridgehead atoms. The van der Waals surface area contributed by atoms with E-state index < -0.39 is 11.5 Å². The van der Waals surface area contributed by atoms with Crippen molar-refractivity contribution in [3.05, 3.63) is 92.9 Å². The first-order valence-electron chi connectivity index (χ1n) is 8.63. The van der Waals surface area contributed by atoms with Gasteiger partial charge < -0.3 is 14.4 Å². The molecule has 29 heavy (non-hydrogen) atoms. The van der Waals surface area contributed by atoms with E-state index >= 15 is 0 Å². The third-order valence-electron chi connectivity index (χ3n) is 4.15. The molecule has 0 aliphatic carbocycles. The minimum atomic E-state index is -0.634. The molecule has 0 atom stereocenters. The molecule has 0 saturated heterocycles. The number of carbonyl (C=O) groups excluding carboxylic acids is 1. The van der Waals surface area contributed by atoms with E-state index in [0.29, 0.717) is 10.6 Å². The van der Waals surface area contributed by atoms with Crippen LogP contribution in [0.1, 0.15) is 21.5 Å². The summed E-state index contributed by atoms with van der Waals surface area (Å²) in [4.78, 5) is 25.0. The van der Waals surface area contributed by atoms with Gasteiger partial charge >= 0.3 is 0 Å². The maximum absolute atomic E-state index is 12.6. The van der Waals surface area contributed by atoms with E-state index in [2.05, 4.69) is 10.5 Å². The molecular weight excluding hydrogens is 394 g/mol. The molecule has 1 amide bonds. The maximum Gasteiger partial charge on any atom is 0.276 e. The SMILES string of the molecule is COc1cc(/C=N\NC(=O)c2cccn(Cc3ccccc3Cl)c2=O)ccc1O. The van der Waals surface area contributed by atoms with E-state index in [9.17, 15) is 14.7 Å². The van der Waals surface area contributed by atoms with Crippen LogP contribution in [-0.4, -0.2) is 28.9 Å². The molecule has 0 fully saturated rings. The summed E-state index contributed by atoms with van der Waals surface area (Å²) in [5.74, 6) is -0.353. The lowest BCUT2D eigenvalue weighted by molar-refractivity contribution is 0.0953. The molecule has 0 aliphatic heterocycles. The van der Waals surface area contributed by atoms with Gasteiger partial charge in [0.25, 0.3) is 11.5 Å². The summed E-state index contributed by atoms with van der Waals surface area (Å²) in [6, 6.07) is 14.9. The van der Waals surface area contributed by atoms with Gasteiger partial charge in [0.05, 0.1) is 19.9 Å². The number of nitrogens with one attached hydrogen (secondary N) is 1. The fraction of sp³-hybridized carbons (Fsp3) is 0.0952. The van der Waals surface area contributed by atoms with Crippen molar-refractivity contribution in [1.82, 2.24) is 9.99 Å². The van der Waals surface area contributed by atoms with Gasteiger partial charge in [-0.25, -0.2) is 5.43 Å². The molecule has 3 aromatic rings. The third-order valence-corrected chi connectivity index (χ3v) is 4.52. The Morgan fingerprint density at radius 3 is 2.79 bits per heavy atom. The number of halogens is 1. The number of nitrogens with zero attached hydrogens (tertiary/aromatic N) is 2. The fourth-order valence-corrected chi connectivity index (χ4v) is 2.84. The van der Waals surface area contributed by atoms with Crippen LogP contribution in [0.2, 0.25) is 5.02 Å². The number of ether oxygens (including phenoxy) is 1. The van der Waals surface area contributed by atoms with Gasteiger partial charge in [0.2, 0.25) is 0 Å². The predicted molar refractivity (Wildman–Crippen MR) is 111 cm³/mol. The second kappa shape index (κ2) is 9.07. The van der Waals surface area contributed by atoms with Crippen molar-refractivity contribution < 1.29 is 14.6 Å². The molecule has 0 unspecified atom stereocenters. The van der Waals surface area contributed by atoms with Crippen LogP contribution in [0.15, 0.2) is 70.7 Å². The highest BCUT2D eigenvalue weighted by molar-refractivity contribution is 6.31. The summed E-state index contributed by atoms with van der Waals surface area (Å²) >= 11 is 6.15. The Bertz CT molecular complexity index is 1120. The van der Waals surface area contributed by atoms with E-state index in [4.69, 9.17) is 16.3 Å². The standard InChI is InChI=1S/C21H18ClN3O4/c1-29-19-11-14(8-9-18(19)26)12-23-24-20(27)16-6-4-10-25(21(16)28)13-15-5-2-3-7-17(15)22/h2-12,26H,13H2,1H3,(H,24,27)/b23-12-. The molecule has 1 aromatic heterocycles. The van der Waals surface area contributed by atoms with Crippen molar-refractivity contribution in [2.45, 2.75) is 6.54 Å².